The Balaban J connectivity index is 1.70. The first-order valence-electron chi connectivity index (χ1n) is 10.6. The van der Waals surface area contributed by atoms with Crippen LogP contribution in [0.1, 0.15) is 66.7 Å². The monoisotopic (exact) mass is 456 g/mol. The number of nitrogens with zero attached hydrogens (tertiary/aromatic N) is 2. The number of carbonyl (C=O) groups excluding carboxylic acids is 1. The van der Waals surface area contributed by atoms with E-state index in [4.69, 9.17) is 21.3 Å². The number of hydrogen-bond acceptors (Lipinski definition) is 4. The number of thiazole rings is 1. The fraction of sp³-hybridized carbons (Fsp3) is 0.360. The second-order valence-corrected chi connectivity index (χ2v) is 9.29. The Morgan fingerprint density at radius 2 is 1.84 bits per heavy atom. The third kappa shape index (κ3) is 6.08. The van der Waals surface area contributed by atoms with Crippen molar-refractivity contribution in [3.05, 3.63) is 80.8 Å². The number of aromatic nitrogens is 1. The lowest BCUT2D eigenvalue weighted by atomic mass is 10.0. The summed E-state index contributed by atoms with van der Waals surface area (Å²) in [6, 6.07) is 15.2. The van der Waals surface area contributed by atoms with Crippen molar-refractivity contribution in [2.45, 2.75) is 59.2 Å². The van der Waals surface area contributed by atoms with Gasteiger partial charge in [0.05, 0.1) is 12.2 Å². The van der Waals surface area contributed by atoms with Crippen LogP contribution in [-0.4, -0.2) is 21.8 Å². The van der Waals surface area contributed by atoms with Crippen LogP contribution in [0.4, 0.5) is 0 Å². The van der Waals surface area contributed by atoms with Gasteiger partial charge in [0, 0.05) is 22.0 Å². The van der Waals surface area contributed by atoms with Gasteiger partial charge < -0.3 is 9.64 Å². The molecule has 0 fully saturated rings. The van der Waals surface area contributed by atoms with Gasteiger partial charge in [0.25, 0.3) is 5.91 Å². The Bertz CT molecular complexity index is 1000. The summed E-state index contributed by atoms with van der Waals surface area (Å²) in [4.78, 5) is 19.7. The molecule has 31 heavy (non-hydrogen) atoms. The summed E-state index contributed by atoms with van der Waals surface area (Å²) in [7, 11) is 0. The summed E-state index contributed by atoms with van der Waals surface area (Å²) in [6.45, 7) is 9.35. The highest BCUT2D eigenvalue weighted by Crippen LogP contribution is 2.27. The molecule has 0 saturated carbocycles. The van der Waals surface area contributed by atoms with Crippen molar-refractivity contribution in [3.63, 3.8) is 0 Å². The number of carbonyl (C=O) groups is 1. The number of ether oxygens (including phenoxy) is 1. The highest BCUT2D eigenvalue weighted by Gasteiger charge is 2.22. The normalized spacial score (nSPS) is 12.1. The molecular formula is C25H29ClN2O2S. The molecule has 1 heterocycles. The van der Waals surface area contributed by atoms with Crippen molar-refractivity contribution < 1.29 is 9.53 Å². The summed E-state index contributed by atoms with van der Waals surface area (Å²) in [5.74, 6) is 1.28. The van der Waals surface area contributed by atoms with Crippen LogP contribution in [0.15, 0.2) is 53.9 Å². The van der Waals surface area contributed by atoms with Gasteiger partial charge in [0.2, 0.25) is 0 Å². The summed E-state index contributed by atoms with van der Waals surface area (Å²) < 4.78 is 6.05. The first kappa shape index (κ1) is 23.3. The number of para-hydroxylation sites is 1. The average molecular weight is 457 g/mol. The molecule has 0 aliphatic heterocycles. The standard InChI is InChI=1S/C25H29ClN2O2S/c1-5-18(4)28(25(29)19-10-12-20(26)13-11-19)14-21-16-31-24(27-21)15-30-23-9-7-6-8-22(23)17(2)3/h6-13,16-18H,5,14-15H2,1-4H3/t18-/m1/s1. The van der Waals surface area contributed by atoms with Crippen molar-refractivity contribution in [1.29, 1.82) is 0 Å². The maximum absolute atomic E-state index is 13.1. The van der Waals surface area contributed by atoms with Crippen LogP contribution in [0.3, 0.4) is 0 Å². The number of amides is 1. The van der Waals surface area contributed by atoms with Crippen LogP contribution >= 0.6 is 22.9 Å². The van der Waals surface area contributed by atoms with Crippen LogP contribution < -0.4 is 4.74 Å². The van der Waals surface area contributed by atoms with Gasteiger partial charge in [-0.3, -0.25) is 4.79 Å². The Morgan fingerprint density at radius 3 is 2.52 bits per heavy atom. The minimum Gasteiger partial charge on any atom is -0.486 e. The van der Waals surface area contributed by atoms with Crippen LogP contribution in [0.2, 0.25) is 5.02 Å². The second kappa shape index (κ2) is 10.8. The highest BCUT2D eigenvalue weighted by molar-refractivity contribution is 7.09. The van der Waals surface area contributed by atoms with Gasteiger partial charge in [-0.05, 0) is 55.2 Å². The van der Waals surface area contributed by atoms with E-state index >= 15 is 0 Å². The van der Waals surface area contributed by atoms with E-state index in [1.807, 2.05) is 28.5 Å². The van der Waals surface area contributed by atoms with Crippen molar-refractivity contribution in [2.75, 3.05) is 0 Å². The Kier molecular flexibility index (Phi) is 8.10. The van der Waals surface area contributed by atoms with Crippen LogP contribution in [-0.2, 0) is 13.2 Å². The van der Waals surface area contributed by atoms with E-state index in [1.54, 1.807) is 35.6 Å². The van der Waals surface area contributed by atoms with Gasteiger partial charge in [0.1, 0.15) is 17.4 Å². The molecule has 6 heteroatoms. The summed E-state index contributed by atoms with van der Waals surface area (Å²) >= 11 is 7.54. The van der Waals surface area contributed by atoms with Gasteiger partial charge in [-0.1, -0.05) is 50.6 Å². The van der Waals surface area contributed by atoms with E-state index in [9.17, 15) is 4.79 Å². The molecule has 0 bridgehead atoms. The molecular weight excluding hydrogens is 428 g/mol. The van der Waals surface area contributed by atoms with E-state index in [1.165, 1.54) is 5.56 Å². The van der Waals surface area contributed by atoms with E-state index in [-0.39, 0.29) is 11.9 Å². The molecule has 0 radical (unpaired) electrons. The van der Waals surface area contributed by atoms with Crippen molar-refractivity contribution >= 4 is 28.8 Å². The molecule has 0 aliphatic rings. The molecule has 4 nitrogen and oxygen atoms in total. The van der Waals surface area contributed by atoms with Crippen molar-refractivity contribution in [1.82, 2.24) is 9.88 Å². The molecule has 164 valence electrons. The predicted molar refractivity (Wildman–Crippen MR) is 128 cm³/mol. The Hall–Kier alpha value is -2.37. The fourth-order valence-corrected chi connectivity index (χ4v) is 4.12. The molecule has 0 spiro atoms. The lowest BCUT2D eigenvalue weighted by molar-refractivity contribution is 0.0669. The van der Waals surface area contributed by atoms with Crippen LogP contribution in [0.25, 0.3) is 0 Å². The summed E-state index contributed by atoms with van der Waals surface area (Å²) in [5, 5.41) is 3.53. The lowest BCUT2D eigenvalue weighted by Gasteiger charge is -2.28. The average Bonchev–Trinajstić information content (AvgIpc) is 3.23. The lowest BCUT2D eigenvalue weighted by Crippen LogP contribution is -2.37. The summed E-state index contributed by atoms with van der Waals surface area (Å²) in [5.41, 5.74) is 2.70. The Labute approximate surface area is 193 Å². The molecule has 1 aromatic heterocycles. The molecule has 3 rings (SSSR count). The largest absolute Gasteiger partial charge is 0.486 e. The first-order chi connectivity index (χ1) is 14.9. The maximum Gasteiger partial charge on any atom is 0.254 e. The minimum atomic E-state index is -0.0114. The maximum atomic E-state index is 13.1. The predicted octanol–water partition coefficient (Wildman–Crippen LogP) is 6.94. The molecule has 0 aliphatic carbocycles. The molecule has 2 aromatic carbocycles. The topological polar surface area (TPSA) is 42.4 Å². The number of hydrogen-bond donors (Lipinski definition) is 0. The SMILES string of the molecule is CC[C@@H](C)N(Cc1csc(COc2ccccc2C(C)C)n1)C(=O)c1ccc(Cl)cc1. The van der Waals surface area contributed by atoms with E-state index < -0.39 is 0 Å². The van der Waals surface area contributed by atoms with Gasteiger partial charge in [-0.25, -0.2) is 4.98 Å². The highest BCUT2D eigenvalue weighted by atomic mass is 35.5. The van der Waals surface area contributed by atoms with Crippen molar-refractivity contribution in [2.24, 2.45) is 0 Å². The molecule has 3 aromatic rings. The van der Waals surface area contributed by atoms with Gasteiger partial charge in [0.15, 0.2) is 0 Å². The second-order valence-electron chi connectivity index (χ2n) is 7.91. The van der Waals surface area contributed by atoms with E-state index in [0.29, 0.717) is 29.7 Å². The molecule has 1 atom stereocenters. The minimum absolute atomic E-state index is 0.0114. The third-order valence-electron chi connectivity index (χ3n) is 5.30. The molecule has 0 N–H and O–H groups in total. The zero-order chi connectivity index (χ0) is 22.4. The molecule has 0 saturated heterocycles. The van der Waals surface area contributed by atoms with E-state index in [0.717, 1.165) is 22.9 Å². The van der Waals surface area contributed by atoms with Crippen molar-refractivity contribution in [3.8, 4) is 5.75 Å². The third-order valence-corrected chi connectivity index (χ3v) is 6.42. The molecule has 0 unspecified atom stereocenters. The Morgan fingerprint density at radius 1 is 1.13 bits per heavy atom. The smallest absolute Gasteiger partial charge is 0.254 e. The van der Waals surface area contributed by atoms with Gasteiger partial charge in [-0.2, -0.15) is 0 Å². The van der Waals surface area contributed by atoms with Gasteiger partial charge >= 0.3 is 0 Å². The fourth-order valence-electron chi connectivity index (χ4n) is 3.30. The first-order valence-corrected chi connectivity index (χ1v) is 11.9. The van der Waals surface area contributed by atoms with E-state index in [2.05, 4.69) is 33.8 Å². The number of rotatable bonds is 9. The number of halogens is 1. The quantitative estimate of drug-likeness (QED) is 0.350. The van der Waals surface area contributed by atoms with Crippen LogP contribution in [0.5, 0.6) is 5.75 Å². The van der Waals surface area contributed by atoms with Gasteiger partial charge in [-0.15, -0.1) is 11.3 Å². The zero-order valence-corrected chi connectivity index (χ0v) is 20.0. The number of benzene rings is 2. The summed E-state index contributed by atoms with van der Waals surface area (Å²) in [6.07, 6.45) is 0.866. The van der Waals surface area contributed by atoms with Crippen LogP contribution in [0, 0.1) is 0 Å². The zero-order valence-electron chi connectivity index (χ0n) is 18.5. The molecule has 1 amide bonds.